The highest BCUT2D eigenvalue weighted by atomic mass is 16.1. The zero-order valence-corrected chi connectivity index (χ0v) is 8.29. The van der Waals surface area contributed by atoms with Gasteiger partial charge in [-0.1, -0.05) is 29.8 Å². The van der Waals surface area contributed by atoms with Gasteiger partial charge < -0.3 is 5.73 Å². The maximum absolute atomic E-state index is 11.2. The van der Waals surface area contributed by atoms with E-state index in [-0.39, 0.29) is 5.91 Å². The van der Waals surface area contributed by atoms with Gasteiger partial charge in [0, 0.05) is 0 Å². The van der Waals surface area contributed by atoms with Crippen molar-refractivity contribution in [2.24, 2.45) is 5.73 Å². The van der Waals surface area contributed by atoms with Crippen LogP contribution in [0.1, 0.15) is 25.0 Å². The Kier molecular flexibility index (Phi) is 2.41. The Bertz CT molecular complexity index is 329. The maximum Gasteiger partial charge on any atom is 0.227 e. The number of hydrogen-bond acceptors (Lipinski definition) is 1. The van der Waals surface area contributed by atoms with E-state index in [1.807, 2.05) is 45.0 Å². The lowest BCUT2D eigenvalue weighted by atomic mass is 9.83. The summed E-state index contributed by atoms with van der Waals surface area (Å²) in [6.45, 7) is 5.68. The lowest BCUT2D eigenvalue weighted by Crippen LogP contribution is -2.35. The van der Waals surface area contributed by atoms with Crippen LogP contribution in [0.3, 0.4) is 0 Å². The second kappa shape index (κ2) is 3.21. The number of nitrogens with two attached hydrogens (primary N) is 1. The van der Waals surface area contributed by atoms with Crippen LogP contribution in [0.4, 0.5) is 0 Å². The van der Waals surface area contributed by atoms with Crippen LogP contribution in [0.2, 0.25) is 0 Å². The van der Waals surface area contributed by atoms with Gasteiger partial charge in [-0.25, -0.2) is 0 Å². The molecule has 2 N–H and O–H groups in total. The average molecular weight is 177 g/mol. The number of aryl methyl sites for hydroxylation is 1. The predicted octanol–water partition coefficient (Wildman–Crippen LogP) is 1.76. The Morgan fingerprint density at radius 1 is 1.38 bits per heavy atom. The molecule has 1 rings (SSSR count). The van der Waals surface area contributed by atoms with Crippen molar-refractivity contribution in [1.29, 1.82) is 0 Å². The molecule has 0 heterocycles. The minimum Gasteiger partial charge on any atom is -0.369 e. The molecule has 0 aliphatic carbocycles. The summed E-state index contributed by atoms with van der Waals surface area (Å²) in [7, 11) is 0. The van der Waals surface area contributed by atoms with Crippen LogP contribution in [0, 0.1) is 6.92 Å². The van der Waals surface area contributed by atoms with Crippen LogP contribution in [-0.4, -0.2) is 5.91 Å². The number of rotatable bonds is 2. The molecule has 0 saturated carbocycles. The Morgan fingerprint density at radius 2 is 2.00 bits per heavy atom. The van der Waals surface area contributed by atoms with Crippen molar-refractivity contribution in [1.82, 2.24) is 0 Å². The standard InChI is InChI=1S/C11H15NO/c1-8-5-4-6-9(7-8)11(2,3)10(12)13/h4-7H,1-3H3,(H2,12,13). The van der Waals surface area contributed by atoms with Gasteiger partial charge in [0.2, 0.25) is 5.91 Å². The molecule has 0 bridgehead atoms. The Hall–Kier alpha value is -1.31. The largest absolute Gasteiger partial charge is 0.369 e. The summed E-state index contributed by atoms with van der Waals surface area (Å²) >= 11 is 0. The minimum atomic E-state index is -0.577. The number of carbonyl (C=O) groups excluding carboxylic acids is 1. The number of benzene rings is 1. The summed E-state index contributed by atoms with van der Waals surface area (Å²) in [5, 5.41) is 0. The van der Waals surface area contributed by atoms with Crippen molar-refractivity contribution in [2.75, 3.05) is 0 Å². The third-order valence-corrected chi connectivity index (χ3v) is 2.36. The van der Waals surface area contributed by atoms with E-state index in [1.54, 1.807) is 0 Å². The van der Waals surface area contributed by atoms with E-state index < -0.39 is 5.41 Å². The highest BCUT2D eigenvalue weighted by molar-refractivity contribution is 5.85. The van der Waals surface area contributed by atoms with Crippen LogP contribution in [-0.2, 0) is 10.2 Å². The van der Waals surface area contributed by atoms with Crippen LogP contribution >= 0.6 is 0 Å². The average Bonchev–Trinajstić information content (AvgIpc) is 2.04. The molecular weight excluding hydrogens is 162 g/mol. The summed E-state index contributed by atoms with van der Waals surface area (Å²) < 4.78 is 0. The van der Waals surface area contributed by atoms with Crippen molar-refractivity contribution in [3.8, 4) is 0 Å². The molecule has 0 saturated heterocycles. The fourth-order valence-corrected chi connectivity index (χ4v) is 1.18. The molecule has 0 atom stereocenters. The first kappa shape index (κ1) is 9.78. The van der Waals surface area contributed by atoms with Crippen molar-refractivity contribution in [3.63, 3.8) is 0 Å². The molecule has 0 aliphatic heterocycles. The molecule has 0 spiro atoms. The van der Waals surface area contributed by atoms with Crippen molar-refractivity contribution in [3.05, 3.63) is 35.4 Å². The topological polar surface area (TPSA) is 43.1 Å². The van der Waals surface area contributed by atoms with E-state index in [2.05, 4.69) is 0 Å². The molecule has 0 aliphatic rings. The third-order valence-electron chi connectivity index (χ3n) is 2.36. The van der Waals surface area contributed by atoms with Gasteiger partial charge in [-0.3, -0.25) is 4.79 Å². The number of hydrogen-bond donors (Lipinski definition) is 1. The molecular formula is C11H15NO. The first-order valence-corrected chi connectivity index (χ1v) is 4.31. The quantitative estimate of drug-likeness (QED) is 0.735. The van der Waals surface area contributed by atoms with Crippen molar-refractivity contribution >= 4 is 5.91 Å². The predicted molar refractivity (Wildman–Crippen MR) is 53.4 cm³/mol. The normalized spacial score (nSPS) is 11.3. The van der Waals surface area contributed by atoms with E-state index in [1.165, 1.54) is 0 Å². The molecule has 2 nitrogen and oxygen atoms in total. The molecule has 1 amide bonds. The van der Waals surface area contributed by atoms with Crippen molar-refractivity contribution in [2.45, 2.75) is 26.2 Å². The molecule has 2 heteroatoms. The van der Waals surface area contributed by atoms with Gasteiger partial charge in [0.25, 0.3) is 0 Å². The van der Waals surface area contributed by atoms with Crippen LogP contribution in [0.5, 0.6) is 0 Å². The van der Waals surface area contributed by atoms with Crippen LogP contribution in [0.25, 0.3) is 0 Å². The van der Waals surface area contributed by atoms with Gasteiger partial charge in [-0.05, 0) is 26.3 Å². The lowest BCUT2D eigenvalue weighted by molar-refractivity contribution is -0.122. The molecule has 70 valence electrons. The van der Waals surface area contributed by atoms with E-state index in [4.69, 9.17) is 5.73 Å². The fourth-order valence-electron chi connectivity index (χ4n) is 1.18. The first-order chi connectivity index (χ1) is 5.94. The van der Waals surface area contributed by atoms with Gasteiger partial charge >= 0.3 is 0 Å². The summed E-state index contributed by atoms with van der Waals surface area (Å²) in [4.78, 5) is 11.2. The second-order valence-corrected chi connectivity index (χ2v) is 3.86. The Morgan fingerprint density at radius 3 is 2.46 bits per heavy atom. The van der Waals surface area contributed by atoms with Gasteiger partial charge in [-0.15, -0.1) is 0 Å². The first-order valence-electron chi connectivity index (χ1n) is 4.31. The Balaban J connectivity index is 3.14. The maximum atomic E-state index is 11.2. The number of primary amides is 1. The highest BCUT2D eigenvalue weighted by Gasteiger charge is 2.26. The van der Waals surface area contributed by atoms with E-state index in [0.29, 0.717) is 0 Å². The van der Waals surface area contributed by atoms with Crippen LogP contribution in [0.15, 0.2) is 24.3 Å². The zero-order valence-electron chi connectivity index (χ0n) is 8.29. The van der Waals surface area contributed by atoms with Gasteiger partial charge in [0.1, 0.15) is 0 Å². The molecule has 0 unspecified atom stereocenters. The highest BCUT2D eigenvalue weighted by Crippen LogP contribution is 2.22. The summed E-state index contributed by atoms with van der Waals surface area (Å²) in [6, 6.07) is 7.86. The van der Waals surface area contributed by atoms with Crippen LogP contribution < -0.4 is 5.73 Å². The minimum absolute atomic E-state index is 0.293. The monoisotopic (exact) mass is 177 g/mol. The third kappa shape index (κ3) is 1.89. The summed E-state index contributed by atoms with van der Waals surface area (Å²) in [5.41, 5.74) is 6.85. The second-order valence-electron chi connectivity index (χ2n) is 3.86. The smallest absolute Gasteiger partial charge is 0.227 e. The van der Waals surface area contributed by atoms with Gasteiger partial charge in [-0.2, -0.15) is 0 Å². The number of amides is 1. The SMILES string of the molecule is Cc1cccc(C(C)(C)C(N)=O)c1. The van der Waals surface area contributed by atoms with Crippen molar-refractivity contribution < 1.29 is 4.79 Å². The molecule has 0 radical (unpaired) electrons. The summed E-state index contributed by atoms with van der Waals surface area (Å²) in [5.74, 6) is -0.293. The molecule has 0 aromatic heterocycles. The fraction of sp³-hybridized carbons (Fsp3) is 0.364. The molecule has 0 fully saturated rings. The molecule has 1 aromatic carbocycles. The van der Waals surface area contributed by atoms with Gasteiger partial charge in [0.05, 0.1) is 5.41 Å². The summed E-state index contributed by atoms with van der Waals surface area (Å²) in [6.07, 6.45) is 0. The van der Waals surface area contributed by atoms with Gasteiger partial charge in [0.15, 0.2) is 0 Å². The number of carbonyl (C=O) groups is 1. The van der Waals surface area contributed by atoms with E-state index in [0.717, 1.165) is 11.1 Å². The molecule has 1 aromatic rings. The molecule has 13 heavy (non-hydrogen) atoms. The van der Waals surface area contributed by atoms with E-state index >= 15 is 0 Å². The Labute approximate surface area is 78.8 Å². The lowest BCUT2D eigenvalue weighted by Gasteiger charge is -2.21. The zero-order chi connectivity index (χ0) is 10.1. The van der Waals surface area contributed by atoms with E-state index in [9.17, 15) is 4.79 Å².